The van der Waals surface area contributed by atoms with Crippen LogP contribution in [0.2, 0.25) is 5.02 Å². The molecule has 0 aliphatic rings. The Balaban J connectivity index is 1.79. The summed E-state index contributed by atoms with van der Waals surface area (Å²) >= 11 is 6.19. The highest BCUT2D eigenvalue weighted by Gasteiger charge is 2.13. The minimum Gasteiger partial charge on any atom is -0.321 e. The summed E-state index contributed by atoms with van der Waals surface area (Å²) in [7, 11) is 0. The molecule has 5 nitrogen and oxygen atoms in total. The van der Waals surface area contributed by atoms with Crippen LogP contribution in [-0.4, -0.2) is 16.8 Å². The van der Waals surface area contributed by atoms with Crippen molar-refractivity contribution in [2.45, 2.75) is 13.8 Å². The van der Waals surface area contributed by atoms with Crippen LogP contribution in [0.25, 0.3) is 0 Å². The molecule has 1 aromatic heterocycles. The fourth-order valence-electron chi connectivity index (χ4n) is 2.54. The number of hydrogen-bond donors (Lipinski definition) is 2. The average molecular weight is 380 g/mol. The van der Waals surface area contributed by atoms with Crippen LogP contribution in [0.1, 0.15) is 31.8 Å². The van der Waals surface area contributed by atoms with Crippen molar-refractivity contribution in [3.63, 3.8) is 0 Å². The number of anilines is 2. The summed E-state index contributed by atoms with van der Waals surface area (Å²) in [4.78, 5) is 29.0. The number of rotatable bonds is 4. The number of nitrogens with zero attached hydrogens (tertiary/aromatic N) is 1. The van der Waals surface area contributed by atoms with E-state index in [0.29, 0.717) is 27.7 Å². The number of carbonyl (C=O) groups excluding carboxylic acids is 2. The lowest BCUT2D eigenvalue weighted by molar-refractivity contribution is 0.101. The van der Waals surface area contributed by atoms with Crippen molar-refractivity contribution in [3.8, 4) is 0 Å². The third kappa shape index (κ3) is 4.71. The van der Waals surface area contributed by atoms with Gasteiger partial charge in [-0.05, 0) is 61.9 Å². The maximum Gasteiger partial charge on any atom is 0.256 e. The molecule has 2 N–H and O–H groups in total. The van der Waals surface area contributed by atoms with E-state index in [0.717, 1.165) is 11.1 Å². The van der Waals surface area contributed by atoms with Gasteiger partial charge >= 0.3 is 0 Å². The summed E-state index contributed by atoms with van der Waals surface area (Å²) in [5.41, 5.74) is 3.22. The van der Waals surface area contributed by atoms with Gasteiger partial charge in [-0.2, -0.15) is 0 Å². The van der Waals surface area contributed by atoms with Crippen molar-refractivity contribution in [2.75, 3.05) is 10.6 Å². The maximum atomic E-state index is 12.5. The van der Waals surface area contributed by atoms with Gasteiger partial charge in [-0.3, -0.25) is 9.59 Å². The number of amides is 2. The molecule has 2 aromatic carbocycles. The van der Waals surface area contributed by atoms with E-state index in [-0.39, 0.29) is 11.8 Å². The van der Waals surface area contributed by atoms with Crippen LogP contribution in [0.15, 0.2) is 60.8 Å². The Labute approximate surface area is 162 Å². The topological polar surface area (TPSA) is 71.1 Å². The van der Waals surface area contributed by atoms with Crippen LogP contribution in [-0.2, 0) is 0 Å². The summed E-state index contributed by atoms with van der Waals surface area (Å²) in [6, 6.07) is 15.5. The first kappa shape index (κ1) is 18.6. The first-order chi connectivity index (χ1) is 12.9. The van der Waals surface area contributed by atoms with E-state index in [9.17, 15) is 9.59 Å². The lowest BCUT2D eigenvalue weighted by atomic mass is 10.1. The molecule has 1 heterocycles. The van der Waals surface area contributed by atoms with E-state index in [1.165, 1.54) is 0 Å². The molecule has 0 atom stereocenters. The van der Waals surface area contributed by atoms with Crippen LogP contribution < -0.4 is 10.6 Å². The molecule has 0 unspecified atom stereocenters. The van der Waals surface area contributed by atoms with Gasteiger partial charge in [-0.1, -0.05) is 29.3 Å². The van der Waals surface area contributed by atoms with Gasteiger partial charge in [0.25, 0.3) is 11.8 Å². The standard InChI is InChI=1S/C21H18ClN3O2/c1-13-4-3-5-15(10-13)20(26)24-18-12-16(6-7-17(18)22)21(27)25-19-11-14(2)8-9-23-19/h3-12H,1-2H3,(H,24,26)(H,23,25,27). The van der Waals surface area contributed by atoms with Gasteiger partial charge in [0, 0.05) is 17.3 Å². The van der Waals surface area contributed by atoms with E-state index in [1.54, 1.807) is 42.6 Å². The normalized spacial score (nSPS) is 10.3. The Morgan fingerprint density at radius 1 is 0.852 bits per heavy atom. The molecule has 3 aromatic rings. The lowest BCUT2D eigenvalue weighted by Gasteiger charge is -2.10. The highest BCUT2D eigenvalue weighted by Crippen LogP contribution is 2.24. The van der Waals surface area contributed by atoms with Crippen molar-refractivity contribution in [2.24, 2.45) is 0 Å². The van der Waals surface area contributed by atoms with Crippen molar-refractivity contribution in [1.29, 1.82) is 0 Å². The summed E-state index contributed by atoms with van der Waals surface area (Å²) in [6.45, 7) is 3.83. The summed E-state index contributed by atoms with van der Waals surface area (Å²) in [5, 5.41) is 5.84. The van der Waals surface area contributed by atoms with Gasteiger partial charge in [-0.15, -0.1) is 0 Å². The lowest BCUT2D eigenvalue weighted by Crippen LogP contribution is -2.15. The van der Waals surface area contributed by atoms with Crippen LogP contribution in [0.3, 0.4) is 0 Å². The van der Waals surface area contributed by atoms with Gasteiger partial charge in [0.05, 0.1) is 10.7 Å². The van der Waals surface area contributed by atoms with E-state index in [2.05, 4.69) is 15.6 Å². The number of halogens is 1. The summed E-state index contributed by atoms with van der Waals surface area (Å²) in [6.07, 6.45) is 1.63. The number of nitrogens with one attached hydrogen (secondary N) is 2. The first-order valence-electron chi connectivity index (χ1n) is 8.34. The van der Waals surface area contributed by atoms with Crippen molar-refractivity contribution >= 4 is 34.9 Å². The molecular weight excluding hydrogens is 362 g/mol. The minimum absolute atomic E-state index is 0.293. The quantitative estimate of drug-likeness (QED) is 0.680. The van der Waals surface area contributed by atoms with E-state index >= 15 is 0 Å². The molecule has 0 fully saturated rings. The van der Waals surface area contributed by atoms with Crippen molar-refractivity contribution in [1.82, 2.24) is 4.98 Å². The smallest absolute Gasteiger partial charge is 0.256 e. The molecule has 0 spiro atoms. The molecule has 0 bridgehead atoms. The zero-order valence-electron chi connectivity index (χ0n) is 14.9. The Bertz CT molecular complexity index is 1020. The molecule has 0 aliphatic carbocycles. The SMILES string of the molecule is Cc1cccc(C(=O)Nc2cc(C(=O)Nc3cc(C)ccn3)ccc2Cl)c1. The highest BCUT2D eigenvalue weighted by molar-refractivity contribution is 6.34. The number of hydrogen-bond acceptors (Lipinski definition) is 3. The number of benzene rings is 2. The van der Waals surface area contributed by atoms with Crippen LogP contribution in [0.5, 0.6) is 0 Å². The molecule has 0 saturated carbocycles. The van der Waals surface area contributed by atoms with E-state index < -0.39 is 0 Å². The number of pyridine rings is 1. The molecule has 27 heavy (non-hydrogen) atoms. The largest absolute Gasteiger partial charge is 0.321 e. The highest BCUT2D eigenvalue weighted by atomic mass is 35.5. The summed E-state index contributed by atoms with van der Waals surface area (Å²) < 4.78 is 0. The third-order valence-electron chi connectivity index (χ3n) is 3.91. The van der Waals surface area contributed by atoms with Crippen molar-refractivity contribution in [3.05, 3.63) is 88.1 Å². The van der Waals surface area contributed by atoms with Gasteiger partial charge in [0.1, 0.15) is 5.82 Å². The second-order valence-corrected chi connectivity index (χ2v) is 6.60. The van der Waals surface area contributed by atoms with Crippen LogP contribution >= 0.6 is 11.6 Å². The average Bonchev–Trinajstić information content (AvgIpc) is 2.63. The zero-order valence-corrected chi connectivity index (χ0v) is 15.7. The Morgan fingerprint density at radius 3 is 2.30 bits per heavy atom. The molecule has 0 aliphatic heterocycles. The second-order valence-electron chi connectivity index (χ2n) is 6.19. The second kappa shape index (κ2) is 8.01. The predicted molar refractivity (Wildman–Crippen MR) is 108 cm³/mol. The zero-order chi connectivity index (χ0) is 19.4. The predicted octanol–water partition coefficient (Wildman–Crippen LogP) is 4.86. The molecule has 2 amide bonds. The fourth-order valence-corrected chi connectivity index (χ4v) is 2.70. The fraction of sp³-hybridized carbons (Fsp3) is 0.0952. The Kier molecular flexibility index (Phi) is 5.52. The minimum atomic E-state index is -0.337. The third-order valence-corrected chi connectivity index (χ3v) is 4.24. The first-order valence-corrected chi connectivity index (χ1v) is 8.72. The monoisotopic (exact) mass is 379 g/mol. The van der Waals surface area contributed by atoms with Crippen LogP contribution in [0, 0.1) is 13.8 Å². The molecule has 136 valence electrons. The molecular formula is C21H18ClN3O2. The maximum absolute atomic E-state index is 12.5. The number of carbonyl (C=O) groups is 2. The van der Waals surface area contributed by atoms with E-state index in [1.807, 2.05) is 32.0 Å². The van der Waals surface area contributed by atoms with Gasteiger partial charge < -0.3 is 10.6 Å². The molecule has 3 rings (SSSR count). The van der Waals surface area contributed by atoms with Gasteiger partial charge in [0.15, 0.2) is 0 Å². The molecule has 0 radical (unpaired) electrons. The number of aryl methyl sites for hydroxylation is 2. The number of aromatic nitrogens is 1. The molecule has 0 saturated heterocycles. The Hall–Kier alpha value is -3.18. The Morgan fingerprint density at radius 2 is 1.56 bits per heavy atom. The van der Waals surface area contributed by atoms with Gasteiger partial charge in [0.2, 0.25) is 0 Å². The van der Waals surface area contributed by atoms with Crippen LogP contribution in [0.4, 0.5) is 11.5 Å². The summed E-state index contributed by atoms with van der Waals surface area (Å²) in [5.74, 6) is -0.172. The van der Waals surface area contributed by atoms with Crippen molar-refractivity contribution < 1.29 is 9.59 Å². The van der Waals surface area contributed by atoms with Gasteiger partial charge in [-0.25, -0.2) is 4.98 Å². The van der Waals surface area contributed by atoms with E-state index in [4.69, 9.17) is 11.6 Å². The molecule has 6 heteroatoms.